The fourth-order valence-electron chi connectivity index (χ4n) is 1.74. The Morgan fingerprint density at radius 3 is 2.84 bits per heavy atom. The van der Waals surface area contributed by atoms with Crippen LogP contribution in [0.25, 0.3) is 16.0 Å². The maximum Gasteiger partial charge on any atom is 1.00 e. The number of nitrogens with zero attached hydrogens (tertiary/aromatic N) is 2. The van der Waals surface area contributed by atoms with Crippen LogP contribution in [0.5, 0.6) is 0 Å². The summed E-state index contributed by atoms with van der Waals surface area (Å²) in [5, 5.41) is 14.4. The number of hydrogen-bond acceptors (Lipinski definition) is 4. The van der Waals surface area contributed by atoms with Crippen LogP contribution in [0.1, 0.15) is 10.5 Å². The number of benzene rings is 1. The van der Waals surface area contributed by atoms with Crippen molar-refractivity contribution >= 4 is 39.8 Å². The summed E-state index contributed by atoms with van der Waals surface area (Å²) in [6.45, 7) is 0. The first-order valence-corrected chi connectivity index (χ1v) is 6.35. The van der Waals surface area contributed by atoms with Gasteiger partial charge in [-0.2, -0.15) is 0 Å². The predicted molar refractivity (Wildman–Crippen MR) is 68.3 cm³/mol. The van der Waals surface area contributed by atoms with E-state index in [0.29, 0.717) is 10.2 Å². The largest absolute Gasteiger partial charge is 1.00 e. The predicted octanol–water partition coefficient (Wildman–Crippen LogP) is -0.892. The Morgan fingerprint density at radius 2 is 2.16 bits per heavy atom. The first-order valence-electron chi connectivity index (χ1n) is 5.09. The molecule has 4 nitrogen and oxygen atoms in total. The summed E-state index contributed by atoms with van der Waals surface area (Å²) in [4.78, 5) is 14.7. The van der Waals surface area contributed by atoms with Gasteiger partial charge in [0.05, 0.1) is 17.2 Å². The van der Waals surface area contributed by atoms with E-state index in [4.69, 9.17) is 11.6 Å². The Hall–Kier alpha value is -0.850. The molecule has 2 heterocycles. The number of halogens is 1. The van der Waals surface area contributed by atoms with Crippen LogP contribution < -0.4 is 34.7 Å². The van der Waals surface area contributed by atoms with Gasteiger partial charge < -0.3 is 9.90 Å². The Labute approximate surface area is 139 Å². The summed E-state index contributed by atoms with van der Waals surface area (Å²) in [6, 6.07) is 7.45. The third-order valence-corrected chi connectivity index (χ3v) is 3.64. The minimum absolute atomic E-state index is 0. The van der Waals surface area contributed by atoms with E-state index >= 15 is 0 Å². The minimum atomic E-state index is -1.27. The number of carboxylic acid groups (broad SMARTS) is 1. The third kappa shape index (κ3) is 2.70. The zero-order valence-corrected chi connectivity index (χ0v) is 13.5. The zero-order valence-electron chi connectivity index (χ0n) is 9.96. The fraction of sp³-hybridized carbons (Fsp3) is 0. The third-order valence-electron chi connectivity index (χ3n) is 2.56. The van der Waals surface area contributed by atoms with Crippen LogP contribution in [0.2, 0.25) is 5.02 Å². The van der Waals surface area contributed by atoms with Crippen molar-refractivity contribution in [3.05, 3.63) is 46.6 Å². The summed E-state index contributed by atoms with van der Waals surface area (Å²) >= 11 is 7.20. The van der Waals surface area contributed by atoms with Crippen LogP contribution in [0.4, 0.5) is 0 Å². The van der Waals surface area contributed by atoms with Crippen molar-refractivity contribution in [1.82, 2.24) is 9.55 Å². The normalized spacial score (nSPS) is 10.4. The molecule has 0 saturated carbocycles. The second-order valence-electron chi connectivity index (χ2n) is 3.69. The molecule has 0 radical (unpaired) electrons. The van der Waals surface area contributed by atoms with Crippen LogP contribution in [-0.2, 0) is 0 Å². The van der Waals surface area contributed by atoms with Crippen molar-refractivity contribution < 1.29 is 39.5 Å². The van der Waals surface area contributed by atoms with Gasteiger partial charge in [0, 0.05) is 22.0 Å². The van der Waals surface area contributed by atoms with Crippen molar-refractivity contribution in [3.8, 4) is 5.13 Å². The Morgan fingerprint density at radius 1 is 1.37 bits per heavy atom. The molecule has 3 rings (SSSR count). The Bertz CT molecular complexity index is 753. The smallest absolute Gasteiger partial charge is 0.543 e. The summed E-state index contributed by atoms with van der Waals surface area (Å²) in [6.07, 6.45) is 1.83. The number of rotatable bonds is 2. The van der Waals surface area contributed by atoms with E-state index in [-0.39, 0.29) is 35.3 Å². The van der Waals surface area contributed by atoms with Crippen LogP contribution >= 0.6 is 22.9 Å². The summed E-state index contributed by atoms with van der Waals surface area (Å²) < 4.78 is 1.80. The SMILES string of the molecule is O=C([O-])c1csc(-n2ccc3ccc(Cl)cc32)n1.[Na+]. The molecule has 1 aromatic carbocycles. The molecule has 0 aliphatic rings. The number of hydrogen-bond donors (Lipinski definition) is 0. The minimum Gasteiger partial charge on any atom is -0.543 e. The van der Waals surface area contributed by atoms with Crippen LogP contribution in [-0.4, -0.2) is 15.5 Å². The van der Waals surface area contributed by atoms with Crippen molar-refractivity contribution in [2.24, 2.45) is 0 Å². The summed E-state index contributed by atoms with van der Waals surface area (Å²) in [5.74, 6) is -1.27. The Kier molecular flexibility index (Phi) is 4.32. The molecule has 0 unspecified atom stereocenters. The molecule has 0 atom stereocenters. The van der Waals surface area contributed by atoms with E-state index < -0.39 is 5.97 Å². The molecule has 0 aliphatic carbocycles. The quantitative estimate of drug-likeness (QED) is 0.577. The van der Waals surface area contributed by atoms with Gasteiger partial charge in [0.2, 0.25) is 0 Å². The van der Waals surface area contributed by atoms with Crippen LogP contribution in [0.3, 0.4) is 0 Å². The molecule has 2 aromatic heterocycles. The molecule has 0 bridgehead atoms. The molecular weight excluding hydrogens is 295 g/mol. The molecule has 3 aromatic rings. The summed E-state index contributed by atoms with van der Waals surface area (Å²) in [7, 11) is 0. The number of aromatic carboxylic acids is 1. The van der Waals surface area contributed by atoms with E-state index in [2.05, 4.69) is 4.98 Å². The molecule has 90 valence electrons. The van der Waals surface area contributed by atoms with E-state index in [9.17, 15) is 9.90 Å². The van der Waals surface area contributed by atoms with Crippen LogP contribution in [0.15, 0.2) is 35.8 Å². The van der Waals surface area contributed by atoms with Crippen molar-refractivity contribution in [3.63, 3.8) is 0 Å². The fourth-order valence-corrected chi connectivity index (χ4v) is 2.69. The molecule has 0 spiro atoms. The van der Waals surface area contributed by atoms with Gasteiger partial charge in [0.25, 0.3) is 0 Å². The molecule has 0 fully saturated rings. The maximum atomic E-state index is 10.7. The number of aromatic nitrogens is 2. The van der Waals surface area contributed by atoms with Gasteiger partial charge in [-0.3, -0.25) is 4.57 Å². The first kappa shape index (κ1) is 14.6. The molecule has 0 N–H and O–H groups in total. The molecule has 0 aliphatic heterocycles. The first-order chi connectivity index (χ1) is 8.65. The van der Waals surface area contributed by atoms with E-state index in [0.717, 1.165) is 10.9 Å². The summed E-state index contributed by atoms with van der Waals surface area (Å²) in [5.41, 5.74) is 0.834. The molecule has 19 heavy (non-hydrogen) atoms. The van der Waals surface area contributed by atoms with Crippen molar-refractivity contribution in [2.75, 3.05) is 0 Å². The maximum absolute atomic E-state index is 10.7. The van der Waals surface area contributed by atoms with Gasteiger partial charge in [-0.15, -0.1) is 11.3 Å². The second kappa shape index (κ2) is 5.64. The molecular formula is C12H6ClN2NaO2S. The van der Waals surface area contributed by atoms with Gasteiger partial charge in [-0.1, -0.05) is 17.7 Å². The van der Waals surface area contributed by atoms with Gasteiger partial charge in [-0.25, -0.2) is 4.98 Å². The molecule has 0 amide bonds. The van der Waals surface area contributed by atoms with E-state index in [1.54, 1.807) is 4.57 Å². The van der Waals surface area contributed by atoms with Gasteiger partial charge in [-0.05, 0) is 18.2 Å². The van der Waals surface area contributed by atoms with Crippen molar-refractivity contribution in [1.29, 1.82) is 0 Å². The zero-order chi connectivity index (χ0) is 12.7. The Balaban J connectivity index is 0.00000133. The van der Waals surface area contributed by atoms with Gasteiger partial charge in [0.15, 0.2) is 5.13 Å². The van der Waals surface area contributed by atoms with Crippen LogP contribution in [0, 0.1) is 0 Å². The van der Waals surface area contributed by atoms with E-state index in [1.807, 2.05) is 30.5 Å². The number of carboxylic acids is 1. The van der Waals surface area contributed by atoms with Gasteiger partial charge in [0.1, 0.15) is 0 Å². The monoisotopic (exact) mass is 300 g/mol. The topological polar surface area (TPSA) is 57.9 Å². The number of carbonyl (C=O) groups excluding carboxylic acids is 1. The number of fused-ring (bicyclic) bond motifs is 1. The second-order valence-corrected chi connectivity index (χ2v) is 4.96. The molecule has 7 heteroatoms. The average Bonchev–Trinajstić information content (AvgIpc) is 2.93. The average molecular weight is 301 g/mol. The molecule has 0 saturated heterocycles. The van der Waals surface area contributed by atoms with E-state index in [1.165, 1.54) is 16.7 Å². The number of thiazole rings is 1. The van der Waals surface area contributed by atoms with Gasteiger partial charge >= 0.3 is 29.6 Å². The number of carbonyl (C=O) groups is 1. The van der Waals surface area contributed by atoms with Crippen molar-refractivity contribution in [2.45, 2.75) is 0 Å². The standard InChI is InChI=1S/C12H7ClN2O2S.Na/c13-8-2-1-7-3-4-15(10(7)5-8)12-14-9(6-18-12)11(16)17;/h1-6H,(H,16,17);/q;+1/p-1.